The molecule has 0 fully saturated rings. The van der Waals surface area contributed by atoms with Crippen LogP contribution in [0.3, 0.4) is 0 Å². The molecule has 0 saturated heterocycles. The van der Waals surface area contributed by atoms with Gasteiger partial charge < -0.3 is 5.11 Å². The molecule has 0 radical (unpaired) electrons. The van der Waals surface area contributed by atoms with E-state index in [-0.39, 0.29) is 6.10 Å². The monoisotopic (exact) mass is 152 g/mol. The first-order valence-electron chi connectivity index (χ1n) is 4.36. The van der Waals surface area contributed by atoms with E-state index in [9.17, 15) is 5.11 Å². The second kappa shape index (κ2) is 4.35. The molecule has 0 aliphatic heterocycles. The van der Waals surface area contributed by atoms with E-state index in [0.29, 0.717) is 0 Å². The molecule has 11 heavy (non-hydrogen) atoms. The Kier molecular flexibility index (Phi) is 3.37. The maximum absolute atomic E-state index is 9.39. The molecule has 0 saturated carbocycles. The molecule has 1 rings (SSSR count). The summed E-state index contributed by atoms with van der Waals surface area (Å²) < 4.78 is 0. The first-order chi connectivity index (χ1) is 5.34. The van der Waals surface area contributed by atoms with E-state index in [0.717, 1.165) is 25.7 Å². The maximum Gasteiger partial charge on any atom is 0.0756 e. The fourth-order valence-corrected chi connectivity index (χ4v) is 1.35. The summed E-state index contributed by atoms with van der Waals surface area (Å²) in [6.45, 7) is 2.12. The molecule has 0 amide bonds. The fourth-order valence-electron chi connectivity index (χ4n) is 1.35. The molecule has 0 aromatic carbocycles. The number of hydrogen-bond donors (Lipinski definition) is 1. The second-order valence-corrected chi connectivity index (χ2v) is 2.96. The smallest absolute Gasteiger partial charge is 0.0756 e. The molecule has 0 spiro atoms. The minimum atomic E-state index is -0.156. The summed E-state index contributed by atoms with van der Waals surface area (Å²) in [5.41, 5.74) is 1.20. The normalized spacial score (nSPS) is 24.5. The molecule has 1 nitrogen and oxygen atoms in total. The molecule has 1 atom stereocenters. The number of allylic oxidation sites excluding steroid dienone is 3. The van der Waals surface area contributed by atoms with Gasteiger partial charge in [-0.3, -0.25) is 0 Å². The highest BCUT2D eigenvalue weighted by Gasteiger charge is 2.13. The van der Waals surface area contributed by atoms with Crippen molar-refractivity contribution < 1.29 is 5.11 Å². The molecular weight excluding hydrogens is 136 g/mol. The predicted molar refractivity (Wildman–Crippen MR) is 47.4 cm³/mol. The molecule has 1 heteroatoms. The SMILES string of the molecule is CC/C=C/CC1=CCC[C@@H]1O. The lowest BCUT2D eigenvalue weighted by atomic mass is 10.1. The largest absolute Gasteiger partial charge is 0.389 e. The Morgan fingerprint density at radius 1 is 1.64 bits per heavy atom. The van der Waals surface area contributed by atoms with Crippen molar-refractivity contribution >= 4 is 0 Å². The lowest BCUT2D eigenvalue weighted by Crippen LogP contribution is -2.03. The van der Waals surface area contributed by atoms with Crippen LogP contribution in [0.4, 0.5) is 0 Å². The van der Waals surface area contributed by atoms with E-state index in [1.165, 1.54) is 5.57 Å². The van der Waals surface area contributed by atoms with E-state index in [2.05, 4.69) is 25.2 Å². The van der Waals surface area contributed by atoms with Crippen molar-refractivity contribution in [2.75, 3.05) is 0 Å². The van der Waals surface area contributed by atoms with Gasteiger partial charge in [-0.2, -0.15) is 0 Å². The van der Waals surface area contributed by atoms with Crippen LogP contribution in [0, 0.1) is 0 Å². The summed E-state index contributed by atoms with van der Waals surface area (Å²) >= 11 is 0. The Morgan fingerprint density at radius 2 is 2.45 bits per heavy atom. The van der Waals surface area contributed by atoms with Gasteiger partial charge in [0, 0.05) is 0 Å². The summed E-state index contributed by atoms with van der Waals surface area (Å²) in [7, 11) is 0. The number of aliphatic hydroxyl groups excluding tert-OH is 1. The molecule has 0 aromatic rings. The van der Waals surface area contributed by atoms with Crippen LogP contribution in [0.25, 0.3) is 0 Å². The van der Waals surface area contributed by atoms with Crippen molar-refractivity contribution in [3.8, 4) is 0 Å². The lowest BCUT2D eigenvalue weighted by molar-refractivity contribution is 0.210. The zero-order valence-electron chi connectivity index (χ0n) is 7.09. The van der Waals surface area contributed by atoms with Crippen LogP contribution < -0.4 is 0 Å². The van der Waals surface area contributed by atoms with Gasteiger partial charge in [-0.15, -0.1) is 0 Å². The van der Waals surface area contributed by atoms with Crippen LogP contribution in [0.1, 0.15) is 32.6 Å². The summed E-state index contributed by atoms with van der Waals surface area (Å²) in [6.07, 6.45) is 10.3. The standard InChI is InChI=1S/C10H16O/c1-2-3-4-6-9-7-5-8-10(9)11/h3-4,7,10-11H,2,5-6,8H2,1H3/b4-3+/t10-/m0/s1. The average molecular weight is 152 g/mol. The van der Waals surface area contributed by atoms with Crippen molar-refractivity contribution in [3.05, 3.63) is 23.8 Å². The summed E-state index contributed by atoms with van der Waals surface area (Å²) in [5, 5.41) is 9.39. The lowest BCUT2D eigenvalue weighted by Gasteiger charge is -2.03. The van der Waals surface area contributed by atoms with Gasteiger partial charge in [0.15, 0.2) is 0 Å². The Labute approximate surface area is 68.4 Å². The van der Waals surface area contributed by atoms with Crippen molar-refractivity contribution in [3.63, 3.8) is 0 Å². The third kappa shape index (κ3) is 2.51. The van der Waals surface area contributed by atoms with E-state index < -0.39 is 0 Å². The minimum Gasteiger partial charge on any atom is -0.389 e. The molecule has 1 aliphatic carbocycles. The Hall–Kier alpha value is -0.560. The fraction of sp³-hybridized carbons (Fsp3) is 0.600. The van der Waals surface area contributed by atoms with Gasteiger partial charge >= 0.3 is 0 Å². The van der Waals surface area contributed by atoms with Crippen LogP contribution in [0.15, 0.2) is 23.8 Å². The zero-order chi connectivity index (χ0) is 8.10. The van der Waals surface area contributed by atoms with Gasteiger partial charge in [0.2, 0.25) is 0 Å². The van der Waals surface area contributed by atoms with Crippen LogP contribution in [0.5, 0.6) is 0 Å². The number of hydrogen-bond acceptors (Lipinski definition) is 1. The van der Waals surface area contributed by atoms with Crippen molar-refractivity contribution in [1.29, 1.82) is 0 Å². The van der Waals surface area contributed by atoms with E-state index in [1.54, 1.807) is 0 Å². The third-order valence-corrected chi connectivity index (χ3v) is 2.03. The van der Waals surface area contributed by atoms with Crippen molar-refractivity contribution in [2.24, 2.45) is 0 Å². The predicted octanol–water partition coefficient (Wildman–Crippen LogP) is 2.42. The van der Waals surface area contributed by atoms with Gasteiger partial charge in [-0.25, -0.2) is 0 Å². The topological polar surface area (TPSA) is 20.2 Å². The van der Waals surface area contributed by atoms with Gasteiger partial charge in [0.25, 0.3) is 0 Å². The van der Waals surface area contributed by atoms with Gasteiger partial charge in [-0.1, -0.05) is 25.2 Å². The van der Waals surface area contributed by atoms with E-state index >= 15 is 0 Å². The first-order valence-corrected chi connectivity index (χ1v) is 4.36. The Bertz CT molecular complexity index is 168. The number of aliphatic hydroxyl groups is 1. The highest BCUT2D eigenvalue weighted by atomic mass is 16.3. The zero-order valence-corrected chi connectivity index (χ0v) is 7.09. The third-order valence-electron chi connectivity index (χ3n) is 2.03. The van der Waals surface area contributed by atoms with Gasteiger partial charge in [0.1, 0.15) is 0 Å². The van der Waals surface area contributed by atoms with Crippen LogP contribution in [-0.2, 0) is 0 Å². The maximum atomic E-state index is 9.39. The molecule has 1 aliphatic rings. The van der Waals surface area contributed by atoms with Crippen molar-refractivity contribution in [1.82, 2.24) is 0 Å². The molecule has 1 N–H and O–H groups in total. The van der Waals surface area contributed by atoms with Crippen LogP contribution >= 0.6 is 0 Å². The summed E-state index contributed by atoms with van der Waals surface area (Å²) in [6, 6.07) is 0. The average Bonchev–Trinajstić information content (AvgIpc) is 2.37. The van der Waals surface area contributed by atoms with E-state index in [1.807, 2.05) is 0 Å². The van der Waals surface area contributed by atoms with Gasteiger partial charge in [0.05, 0.1) is 6.10 Å². The van der Waals surface area contributed by atoms with Gasteiger partial charge in [-0.05, 0) is 31.3 Å². The summed E-state index contributed by atoms with van der Waals surface area (Å²) in [4.78, 5) is 0. The molecule has 0 heterocycles. The summed E-state index contributed by atoms with van der Waals surface area (Å²) in [5.74, 6) is 0. The van der Waals surface area contributed by atoms with E-state index in [4.69, 9.17) is 0 Å². The first kappa shape index (κ1) is 8.54. The highest BCUT2D eigenvalue weighted by Crippen LogP contribution is 2.21. The number of rotatable bonds is 3. The molecule has 62 valence electrons. The molecule has 0 aromatic heterocycles. The van der Waals surface area contributed by atoms with Crippen LogP contribution in [-0.4, -0.2) is 11.2 Å². The van der Waals surface area contributed by atoms with Crippen molar-refractivity contribution in [2.45, 2.75) is 38.7 Å². The minimum absolute atomic E-state index is 0.156. The Morgan fingerprint density at radius 3 is 3.00 bits per heavy atom. The van der Waals surface area contributed by atoms with Crippen LogP contribution in [0.2, 0.25) is 0 Å². The second-order valence-electron chi connectivity index (χ2n) is 2.96. The highest BCUT2D eigenvalue weighted by molar-refractivity contribution is 5.16. The molecule has 0 unspecified atom stereocenters. The Balaban J connectivity index is 2.31. The quantitative estimate of drug-likeness (QED) is 0.616. The molecule has 0 bridgehead atoms. The molecular formula is C10H16O.